The highest BCUT2D eigenvalue weighted by Gasteiger charge is 2.14. The van der Waals surface area contributed by atoms with Gasteiger partial charge in [-0.15, -0.1) is 0 Å². The van der Waals surface area contributed by atoms with Crippen molar-refractivity contribution in [3.8, 4) is 5.75 Å². The van der Waals surface area contributed by atoms with E-state index in [1.54, 1.807) is 18.2 Å². The van der Waals surface area contributed by atoms with Gasteiger partial charge in [0.2, 0.25) is 5.91 Å². The standard InChI is InChI=1S/C21H24ClNO3/c1-3-4-5-15-6-9-17(10-7-15)23-21(25)13-11-19(24)18-14-16(22)8-12-20(18)26-2/h6-10,12,14H,3-5,11,13H2,1-2H3,(H,23,25). The summed E-state index contributed by atoms with van der Waals surface area (Å²) in [6.07, 6.45) is 3.55. The summed E-state index contributed by atoms with van der Waals surface area (Å²) in [5, 5.41) is 3.28. The quantitative estimate of drug-likeness (QED) is 0.607. The Labute approximate surface area is 159 Å². The van der Waals surface area contributed by atoms with Gasteiger partial charge in [0.25, 0.3) is 0 Å². The number of aryl methyl sites for hydroxylation is 1. The molecule has 2 aromatic carbocycles. The molecule has 0 saturated heterocycles. The number of hydrogen-bond donors (Lipinski definition) is 1. The maximum atomic E-state index is 12.4. The number of unbranched alkanes of at least 4 members (excludes halogenated alkanes) is 1. The third-order valence-corrected chi connectivity index (χ3v) is 4.33. The molecule has 4 nitrogen and oxygen atoms in total. The monoisotopic (exact) mass is 373 g/mol. The van der Waals surface area contributed by atoms with Gasteiger partial charge in [-0.3, -0.25) is 9.59 Å². The molecule has 5 heteroatoms. The van der Waals surface area contributed by atoms with E-state index < -0.39 is 0 Å². The molecule has 0 atom stereocenters. The van der Waals surface area contributed by atoms with Crippen molar-refractivity contribution in [2.24, 2.45) is 0 Å². The number of Topliss-reactive ketones (excluding diaryl/α,β-unsaturated/α-hetero) is 1. The topological polar surface area (TPSA) is 55.4 Å². The highest BCUT2D eigenvalue weighted by atomic mass is 35.5. The van der Waals surface area contributed by atoms with Crippen LogP contribution in [0.25, 0.3) is 0 Å². The number of benzene rings is 2. The summed E-state index contributed by atoms with van der Waals surface area (Å²) in [5.74, 6) is 0.0949. The molecule has 0 radical (unpaired) electrons. The number of nitrogens with one attached hydrogen (secondary N) is 1. The number of ether oxygens (including phenoxy) is 1. The van der Waals surface area contributed by atoms with Crippen LogP contribution in [0.2, 0.25) is 5.02 Å². The highest BCUT2D eigenvalue weighted by molar-refractivity contribution is 6.31. The van der Waals surface area contributed by atoms with Gasteiger partial charge in [-0.05, 0) is 48.7 Å². The van der Waals surface area contributed by atoms with Crippen molar-refractivity contribution in [1.82, 2.24) is 0 Å². The smallest absolute Gasteiger partial charge is 0.224 e. The average Bonchev–Trinajstić information content (AvgIpc) is 2.65. The summed E-state index contributed by atoms with van der Waals surface area (Å²) >= 11 is 5.95. The zero-order chi connectivity index (χ0) is 18.9. The van der Waals surface area contributed by atoms with E-state index in [0.717, 1.165) is 24.9 Å². The maximum absolute atomic E-state index is 12.4. The number of rotatable bonds is 9. The fourth-order valence-corrected chi connectivity index (χ4v) is 2.79. The summed E-state index contributed by atoms with van der Waals surface area (Å²) in [6.45, 7) is 2.16. The second kappa shape index (κ2) is 9.97. The Morgan fingerprint density at radius 3 is 2.46 bits per heavy atom. The number of carbonyl (C=O) groups is 2. The summed E-state index contributed by atoms with van der Waals surface area (Å²) in [4.78, 5) is 24.5. The van der Waals surface area contributed by atoms with Crippen molar-refractivity contribution in [2.45, 2.75) is 39.0 Å². The minimum atomic E-state index is -0.194. The van der Waals surface area contributed by atoms with Gasteiger partial charge in [0.15, 0.2) is 5.78 Å². The predicted octanol–water partition coefficient (Wildman–Crippen LogP) is 5.29. The Hall–Kier alpha value is -2.33. The van der Waals surface area contributed by atoms with Crippen LogP contribution in [-0.2, 0) is 11.2 Å². The highest BCUT2D eigenvalue weighted by Crippen LogP contribution is 2.24. The van der Waals surface area contributed by atoms with E-state index in [0.29, 0.717) is 16.3 Å². The molecule has 2 aromatic rings. The first-order chi connectivity index (χ1) is 12.5. The van der Waals surface area contributed by atoms with Gasteiger partial charge in [0.05, 0.1) is 12.7 Å². The van der Waals surface area contributed by atoms with Gasteiger partial charge in [0.1, 0.15) is 5.75 Å². The van der Waals surface area contributed by atoms with Crippen LogP contribution >= 0.6 is 11.6 Å². The first kappa shape index (κ1) is 20.0. The molecule has 0 aromatic heterocycles. The van der Waals surface area contributed by atoms with Crippen LogP contribution in [-0.4, -0.2) is 18.8 Å². The van der Waals surface area contributed by atoms with Crippen LogP contribution in [0.5, 0.6) is 5.75 Å². The van der Waals surface area contributed by atoms with E-state index in [9.17, 15) is 9.59 Å². The number of carbonyl (C=O) groups excluding carboxylic acids is 2. The van der Waals surface area contributed by atoms with Crippen molar-refractivity contribution >= 4 is 29.0 Å². The fraction of sp³-hybridized carbons (Fsp3) is 0.333. The lowest BCUT2D eigenvalue weighted by atomic mass is 10.1. The zero-order valence-electron chi connectivity index (χ0n) is 15.2. The Balaban J connectivity index is 1.88. The Kier molecular flexibility index (Phi) is 7.67. The van der Waals surface area contributed by atoms with E-state index in [1.807, 2.05) is 24.3 Å². The molecule has 2 rings (SSSR count). The average molecular weight is 374 g/mol. The molecule has 0 aliphatic heterocycles. The minimum Gasteiger partial charge on any atom is -0.496 e. The Morgan fingerprint density at radius 2 is 1.81 bits per heavy atom. The molecule has 0 fully saturated rings. The Morgan fingerprint density at radius 1 is 1.08 bits per heavy atom. The lowest BCUT2D eigenvalue weighted by Crippen LogP contribution is -2.14. The van der Waals surface area contributed by atoms with Crippen LogP contribution in [0.15, 0.2) is 42.5 Å². The molecule has 0 bridgehead atoms. The van der Waals surface area contributed by atoms with E-state index >= 15 is 0 Å². The molecular formula is C21H24ClNO3. The predicted molar refractivity (Wildman–Crippen MR) is 105 cm³/mol. The van der Waals surface area contributed by atoms with Crippen molar-refractivity contribution in [3.05, 3.63) is 58.6 Å². The zero-order valence-corrected chi connectivity index (χ0v) is 15.9. The van der Waals surface area contributed by atoms with Gasteiger partial charge >= 0.3 is 0 Å². The van der Waals surface area contributed by atoms with Crippen LogP contribution in [0.1, 0.15) is 48.5 Å². The van der Waals surface area contributed by atoms with Crippen LogP contribution in [0.3, 0.4) is 0 Å². The summed E-state index contributed by atoms with van der Waals surface area (Å²) in [6, 6.07) is 12.7. The van der Waals surface area contributed by atoms with Gasteiger partial charge < -0.3 is 10.1 Å². The number of anilines is 1. The third-order valence-electron chi connectivity index (χ3n) is 4.10. The van der Waals surface area contributed by atoms with E-state index in [2.05, 4.69) is 12.2 Å². The molecule has 1 amide bonds. The molecule has 0 heterocycles. The molecule has 138 valence electrons. The number of amides is 1. The maximum Gasteiger partial charge on any atom is 0.224 e. The molecule has 0 spiro atoms. The molecule has 1 N–H and O–H groups in total. The van der Waals surface area contributed by atoms with E-state index in [-0.39, 0.29) is 24.5 Å². The number of halogens is 1. The first-order valence-corrected chi connectivity index (χ1v) is 9.16. The fourth-order valence-electron chi connectivity index (χ4n) is 2.62. The van der Waals surface area contributed by atoms with Gasteiger partial charge in [0, 0.05) is 23.6 Å². The van der Waals surface area contributed by atoms with Crippen LogP contribution < -0.4 is 10.1 Å². The lowest BCUT2D eigenvalue weighted by molar-refractivity contribution is -0.116. The summed E-state index contributed by atoms with van der Waals surface area (Å²) < 4.78 is 5.18. The first-order valence-electron chi connectivity index (χ1n) is 8.79. The van der Waals surface area contributed by atoms with Crippen LogP contribution in [0, 0.1) is 0 Å². The second-order valence-corrected chi connectivity index (χ2v) is 6.55. The SMILES string of the molecule is CCCCc1ccc(NC(=O)CCC(=O)c2cc(Cl)ccc2OC)cc1. The van der Waals surface area contributed by atoms with E-state index in [4.69, 9.17) is 16.3 Å². The summed E-state index contributed by atoms with van der Waals surface area (Å²) in [7, 11) is 1.50. The molecular weight excluding hydrogens is 350 g/mol. The third kappa shape index (κ3) is 5.88. The normalized spacial score (nSPS) is 10.4. The Bertz CT molecular complexity index is 756. The molecule has 0 unspecified atom stereocenters. The van der Waals surface area contributed by atoms with Crippen molar-refractivity contribution in [2.75, 3.05) is 12.4 Å². The van der Waals surface area contributed by atoms with Gasteiger partial charge in [-0.2, -0.15) is 0 Å². The van der Waals surface area contributed by atoms with Crippen LogP contribution in [0.4, 0.5) is 5.69 Å². The van der Waals surface area contributed by atoms with Crippen molar-refractivity contribution in [3.63, 3.8) is 0 Å². The van der Waals surface area contributed by atoms with Gasteiger partial charge in [-0.1, -0.05) is 37.1 Å². The molecule has 0 aliphatic carbocycles. The molecule has 0 aliphatic rings. The van der Waals surface area contributed by atoms with Gasteiger partial charge in [-0.25, -0.2) is 0 Å². The number of ketones is 1. The minimum absolute atomic E-state index is 0.0944. The molecule has 0 saturated carbocycles. The summed E-state index contributed by atoms with van der Waals surface area (Å²) in [5.41, 5.74) is 2.39. The second-order valence-electron chi connectivity index (χ2n) is 6.12. The lowest BCUT2D eigenvalue weighted by Gasteiger charge is -2.09. The van der Waals surface area contributed by atoms with Crippen molar-refractivity contribution in [1.29, 1.82) is 0 Å². The largest absolute Gasteiger partial charge is 0.496 e. The van der Waals surface area contributed by atoms with E-state index in [1.165, 1.54) is 12.7 Å². The van der Waals surface area contributed by atoms with Crippen molar-refractivity contribution < 1.29 is 14.3 Å². The number of methoxy groups -OCH3 is 1. The number of hydrogen-bond acceptors (Lipinski definition) is 3. The molecule has 26 heavy (non-hydrogen) atoms.